The van der Waals surface area contributed by atoms with Crippen LogP contribution in [0.3, 0.4) is 0 Å². The fourth-order valence-electron chi connectivity index (χ4n) is 2.44. The summed E-state index contributed by atoms with van der Waals surface area (Å²) in [7, 11) is 0. The molecule has 0 heterocycles. The van der Waals surface area contributed by atoms with Crippen molar-refractivity contribution in [3.8, 4) is 0 Å². The first-order valence-corrected chi connectivity index (χ1v) is 8.13. The van der Waals surface area contributed by atoms with Crippen LogP contribution in [0.1, 0.15) is 22.8 Å². The molecule has 2 aromatic carbocycles. The van der Waals surface area contributed by atoms with Gasteiger partial charge in [0.2, 0.25) is 5.91 Å². The molecule has 2 aromatic rings. The highest BCUT2D eigenvalue weighted by molar-refractivity contribution is 5.99. The number of anilines is 1. The van der Waals surface area contributed by atoms with Gasteiger partial charge in [0.25, 0.3) is 11.6 Å². The van der Waals surface area contributed by atoms with Crippen LogP contribution >= 0.6 is 0 Å². The summed E-state index contributed by atoms with van der Waals surface area (Å²) in [5.74, 6) is -1.37. The number of halogens is 3. The van der Waals surface area contributed by atoms with Crippen molar-refractivity contribution in [1.29, 1.82) is 0 Å². The summed E-state index contributed by atoms with van der Waals surface area (Å²) >= 11 is 0. The maximum absolute atomic E-state index is 13.0. The van der Waals surface area contributed by atoms with Crippen LogP contribution in [0.2, 0.25) is 0 Å². The summed E-state index contributed by atoms with van der Waals surface area (Å²) in [5.41, 5.74) is -1.47. The Hall–Kier alpha value is -3.43. The van der Waals surface area contributed by atoms with Crippen LogP contribution in [0.5, 0.6) is 0 Å². The second-order valence-corrected chi connectivity index (χ2v) is 5.71. The molecule has 7 nitrogen and oxygen atoms in total. The number of benzene rings is 2. The number of carbonyl (C=O) groups excluding carboxylic acids is 2. The number of carbonyl (C=O) groups is 2. The standard InChI is InChI=1S/C18H16F3N3O4/c1-2-23(17(26)12-7-9-13(10-8-12)24(27)28)11-16(25)22-15-6-4-3-5-14(15)18(19,20)21/h3-10H,2,11H2,1H3,(H,22,25). The second kappa shape index (κ2) is 8.51. The Morgan fingerprint density at radius 3 is 2.25 bits per heavy atom. The molecule has 0 saturated heterocycles. The fraction of sp³-hybridized carbons (Fsp3) is 0.222. The quantitative estimate of drug-likeness (QED) is 0.596. The monoisotopic (exact) mass is 395 g/mol. The van der Waals surface area contributed by atoms with E-state index in [9.17, 15) is 32.9 Å². The van der Waals surface area contributed by atoms with Gasteiger partial charge in [0.05, 0.1) is 16.2 Å². The van der Waals surface area contributed by atoms with E-state index in [2.05, 4.69) is 5.32 Å². The minimum absolute atomic E-state index is 0.115. The van der Waals surface area contributed by atoms with Crippen LogP contribution < -0.4 is 5.32 Å². The molecule has 2 amide bonds. The van der Waals surface area contributed by atoms with E-state index in [4.69, 9.17) is 0 Å². The second-order valence-electron chi connectivity index (χ2n) is 5.71. The van der Waals surface area contributed by atoms with Gasteiger partial charge in [-0.15, -0.1) is 0 Å². The number of nitro benzene ring substituents is 1. The van der Waals surface area contributed by atoms with Gasteiger partial charge in [-0.1, -0.05) is 12.1 Å². The Kier molecular flexibility index (Phi) is 6.34. The molecule has 0 radical (unpaired) electrons. The zero-order chi connectivity index (χ0) is 20.9. The van der Waals surface area contributed by atoms with Crippen LogP contribution in [0.25, 0.3) is 0 Å². The Labute approximate surface area is 157 Å². The van der Waals surface area contributed by atoms with Crippen molar-refractivity contribution in [2.75, 3.05) is 18.4 Å². The molecule has 0 aliphatic carbocycles. The molecule has 28 heavy (non-hydrogen) atoms. The smallest absolute Gasteiger partial charge is 0.330 e. The molecule has 0 fully saturated rings. The van der Waals surface area contributed by atoms with E-state index in [0.29, 0.717) is 0 Å². The van der Waals surface area contributed by atoms with E-state index >= 15 is 0 Å². The maximum Gasteiger partial charge on any atom is 0.418 e. The Bertz CT molecular complexity index is 882. The third-order valence-corrected chi connectivity index (χ3v) is 3.84. The number of nitro groups is 1. The summed E-state index contributed by atoms with van der Waals surface area (Å²) < 4.78 is 39.0. The van der Waals surface area contributed by atoms with Gasteiger partial charge in [0, 0.05) is 24.2 Å². The van der Waals surface area contributed by atoms with Gasteiger partial charge in [-0.2, -0.15) is 13.2 Å². The molecule has 0 aliphatic rings. The average molecular weight is 395 g/mol. The van der Waals surface area contributed by atoms with Crippen molar-refractivity contribution >= 4 is 23.2 Å². The summed E-state index contributed by atoms with van der Waals surface area (Å²) in [6, 6.07) is 9.32. The van der Waals surface area contributed by atoms with E-state index in [0.717, 1.165) is 29.2 Å². The van der Waals surface area contributed by atoms with Gasteiger partial charge in [-0.25, -0.2) is 0 Å². The van der Waals surface area contributed by atoms with E-state index < -0.39 is 40.7 Å². The Balaban J connectivity index is 2.11. The lowest BCUT2D eigenvalue weighted by molar-refractivity contribution is -0.384. The number of non-ortho nitro benzene ring substituents is 1. The van der Waals surface area contributed by atoms with Gasteiger partial charge in [0.1, 0.15) is 6.54 Å². The molecule has 10 heteroatoms. The van der Waals surface area contributed by atoms with E-state index in [1.165, 1.54) is 24.3 Å². The summed E-state index contributed by atoms with van der Waals surface area (Å²) in [4.78, 5) is 35.8. The van der Waals surface area contributed by atoms with Crippen molar-refractivity contribution in [2.24, 2.45) is 0 Å². The van der Waals surface area contributed by atoms with Crippen molar-refractivity contribution in [3.05, 3.63) is 69.8 Å². The lowest BCUT2D eigenvalue weighted by atomic mass is 10.1. The molecule has 0 saturated carbocycles. The van der Waals surface area contributed by atoms with Gasteiger partial charge < -0.3 is 10.2 Å². The Morgan fingerprint density at radius 2 is 1.71 bits per heavy atom. The minimum atomic E-state index is -4.64. The zero-order valence-electron chi connectivity index (χ0n) is 14.7. The minimum Gasteiger partial charge on any atom is -0.330 e. The van der Waals surface area contributed by atoms with Gasteiger partial charge in [0.15, 0.2) is 0 Å². The van der Waals surface area contributed by atoms with E-state index in [1.54, 1.807) is 6.92 Å². The van der Waals surface area contributed by atoms with Crippen molar-refractivity contribution in [3.63, 3.8) is 0 Å². The molecule has 0 spiro atoms. The summed E-state index contributed by atoms with van der Waals surface area (Å²) in [6.07, 6.45) is -4.64. The predicted octanol–water partition coefficient (Wildman–Crippen LogP) is 3.71. The molecule has 0 atom stereocenters. The average Bonchev–Trinajstić information content (AvgIpc) is 2.65. The van der Waals surface area contributed by atoms with Crippen LogP contribution in [0.4, 0.5) is 24.5 Å². The van der Waals surface area contributed by atoms with Crippen LogP contribution in [-0.4, -0.2) is 34.7 Å². The van der Waals surface area contributed by atoms with E-state index in [1.807, 2.05) is 0 Å². The first kappa shape index (κ1) is 20.9. The Morgan fingerprint density at radius 1 is 1.11 bits per heavy atom. The third-order valence-electron chi connectivity index (χ3n) is 3.84. The molecule has 0 bridgehead atoms. The topological polar surface area (TPSA) is 92.6 Å². The predicted molar refractivity (Wildman–Crippen MR) is 94.7 cm³/mol. The molecule has 1 N–H and O–H groups in total. The molecule has 0 unspecified atom stereocenters. The van der Waals surface area contributed by atoms with Crippen LogP contribution in [0.15, 0.2) is 48.5 Å². The summed E-state index contributed by atoms with van der Waals surface area (Å²) in [6.45, 7) is 1.24. The number of rotatable bonds is 6. The number of alkyl halides is 3. The van der Waals surface area contributed by atoms with Crippen LogP contribution in [0, 0.1) is 10.1 Å². The largest absolute Gasteiger partial charge is 0.418 e. The van der Waals surface area contributed by atoms with Crippen molar-refractivity contribution < 1.29 is 27.7 Å². The highest BCUT2D eigenvalue weighted by Gasteiger charge is 2.33. The number of likely N-dealkylation sites (N-methyl/N-ethyl adjacent to an activating group) is 1. The van der Waals surface area contributed by atoms with Gasteiger partial charge in [-0.05, 0) is 31.2 Å². The lowest BCUT2D eigenvalue weighted by Gasteiger charge is -2.21. The van der Waals surface area contributed by atoms with Crippen molar-refractivity contribution in [2.45, 2.75) is 13.1 Å². The highest BCUT2D eigenvalue weighted by Crippen LogP contribution is 2.34. The zero-order valence-corrected chi connectivity index (χ0v) is 14.7. The van der Waals surface area contributed by atoms with Crippen LogP contribution in [-0.2, 0) is 11.0 Å². The van der Waals surface area contributed by atoms with Gasteiger partial charge in [-0.3, -0.25) is 19.7 Å². The normalized spacial score (nSPS) is 11.0. The molecule has 0 aliphatic heterocycles. The number of amides is 2. The van der Waals surface area contributed by atoms with Crippen molar-refractivity contribution in [1.82, 2.24) is 4.90 Å². The maximum atomic E-state index is 13.0. The molecular weight excluding hydrogens is 379 g/mol. The number of hydrogen-bond acceptors (Lipinski definition) is 4. The number of nitrogens with zero attached hydrogens (tertiary/aromatic N) is 2. The lowest BCUT2D eigenvalue weighted by Crippen LogP contribution is -2.38. The number of para-hydroxylation sites is 1. The first-order chi connectivity index (χ1) is 13.1. The van der Waals surface area contributed by atoms with E-state index in [-0.39, 0.29) is 17.8 Å². The highest BCUT2D eigenvalue weighted by atomic mass is 19.4. The molecule has 2 rings (SSSR count). The first-order valence-electron chi connectivity index (χ1n) is 8.13. The van der Waals surface area contributed by atoms with Gasteiger partial charge >= 0.3 is 6.18 Å². The number of hydrogen-bond donors (Lipinski definition) is 1. The third kappa shape index (κ3) is 5.06. The molecule has 0 aromatic heterocycles. The molecular formula is C18H16F3N3O4. The number of nitrogens with one attached hydrogen (secondary N) is 1. The molecule has 148 valence electrons. The summed E-state index contributed by atoms with van der Waals surface area (Å²) in [5, 5.41) is 12.8. The fourth-order valence-corrected chi connectivity index (χ4v) is 2.44. The SMILES string of the molecule is CCN(CC(=O)Nc1ccccc1C(F)(F)F)C(=O)c1ccc([N+](=O)[O-])cc1.